The molecule has 1 aromatic carbocycles. The average Bonchev–Trinajstić information content (AvgIpc) is 2.64. The zero-order valence-corrected chi connectivity index (χ0v) is 11.4. The van der Waals surface area contributed by atoms with Crippen molar-refractivity contribution in [2.24, 2.45) is 5.92 Å². The van der Waals surface area contributed by atoms with Crippen molar-refractivity contribution in [3.63, 3.8) is 0 Å². The van der Waals surface area contributed by atoms with Gasteiger partial charge in [0.1, 0.15) is 5.82 Å². The number of nitrogens with one attached hydrogen (secondary N) is 1. The van der Waals surface area contributed by atoms with Crippen molar-refractivity contribution in [1.82, 2.24) is 4.90 Å². The van der Waals surface area contributed by atoms with E-state index in [0.29, 0.717) is 16.4 Å². The maximum atomic E-state index is 13.6. The lowest BCUT2D eigenvalue weighted by Crippen LogP contribution is -2.57. The normalized spacial score (nSPS) is 25.6. The number of rotatable bonds is 1. The summed E-state index contributed by atoms with van der Waals surface area (Å²) < 4.78 is 14.3. The molecule has 3 nitrogen and oxygen atoms in total. The van der Waals surface area contributed by atoms with Crippen molar-refractivity contribution in [3.8, 4) is 0 Å². The van der Waals surface area contributed by atoms with E-state index in [0.717, 1.165) is 13.0 Å². The van der Waals surface area contributed by atoms with Gasteiger partial charge in [0.2, 0.25) is 0 Å². The first kappa shape index (κ1) is 12.0. The van der Waals surface area contributed by atoms with Crippen molar-refractivity contribution in [2.45, 2.75) is 25.3 Å². The van der Waals surface area contributed by atoms with Gasteiger partial charge in [-0.15, -0.1) is 0 Å². The van der Waals surface area contributed by atoms with E-state index in [1.807, 2.05) is 4.90 Å². The first-order chi connectivity index (χ1) is 8.65. The zero-order valence-electron chi connectivity index (χ0n) is 9.83. The number of hydrogen-bond donors (Lipinski definition) is 1. The van der Waals surface area contributed by atoms with E-state index in [-0.39, 0.29) is 11.7 Å². The lowest BCUT2D eigenvalue weighted by Gasteiger charge is -2.44. The predicted octanol–water partition coefficient (Wildman–Crippen LogP) is 3.60. The standard InChI is InChI=1S/C13H14BrFN2O/c14-9-4-5-11(10(15)6-9)16-13(18)17-7-8-2-1-3-12(8)17/h4-6,8,12H,1-3,7H2,(H,16,18)/t8-,12-/m1/s1. The molecule has 5 heteroatoms. The Balaban J connectivity index is 1.67. The van der Waals surface area contributed by atoms with Crippen molar-refractivity contribution < 1.29 is 9.18 Å². The molecule has 2 fully saturated rings. The van der Waals surface area contributed by atoms with Crippen molar-refractivity contribution in [1.29, 1.82) is 0 Å². The SMILES string of the molecule is O=C(Nc1ccc(Br)cc1F)N1C[C@H]2CCC[C@H]21. The molecule has 2 amide bonds. The summed E-state index contributed by atoms with van der Waals surface area (Å²) in [7, 11) is 0. The Labute approximate surface area is 113 Å². The lowest BCUT2D eigenvalue weighted by molar-refractivity contribution is 0.0797. The van der Waals surface area contributed by atoms with E-state index >= 15 is 0 Å². The number of likely N-dealkylation sites (tertiary alicyclic amines) is 1. The molecule has 1 aromatic rings. The molecule has 0 aromatic heterocycles. The van der Waals surface area contributed by atoms with Crippen LogP contribution in [0, 0.1) is 11.7 Å². The molecule has 3 rings (SSSR count). The quantitative estimate of drug-likeness (QED) is 0.844. The highest BCUT2D eigenvalue weighted by Crippen LogP contribution is 2.39. The fourth-order valence-electron chi connectivity index (χ4n) is 2.90. The largest absolute Gasteiger partial charge is 0.322 e. The molecule has 18 heavy (non-hydrogen) atoms. The van der Waals surface area contributed by atoms with Crippen LogP contribution in [-0.4, -0.2) is 23.5 Å². The zero-order chi connectivity index (χ0) is 12.7. The number of amides is 2. The summed E-state index contributed by atoms with van der Waals surface area (Å²) in [6.45, 7) is 0.814. The molecule has 96 valence electrons. The lowest BCUT2D eigenvalue weighted by atomic mass is 9.92. The van der Waals surface area contributed by atoms with Crippen LogP contribution >= 0.6 is 15.9 Å². The van der Waals surface area contributed by atoms with E-state index in [2.05, 4.69) is 21.2 Å². The van der Waals surface area contributed by atoms with E-state index in [1.165, 1.54) is 18.9 Å². The summed E-state index contributed by atoms with van der Waals surface area (Å²) in [6.07, 6.45) is 3.51. The van der Waals surface area contributed by atoms with Crippen LogP contribution in [0.1, 0.15) is 19.3 Å². The van der Waals surface area contributed by atoms with Gasteiger partial charge in [-0.3, -0.25) is 0 Å². The Kier molecular flexibility index (Phi) is 3.01. The summed E-state index contributed by atoms with van der Waals surface area (Å²) >= 11 is 3.19. The van der Waals surface area contributed by atoms with Crippen molar-refractivity contribution in [3.05, 3.63) is 28.5 Å². The fraction of sp³-hybridized carbons (Fsp3) is 0.462. The van der Waals surface area contributed by atoms with Gasteiger partial charge in [-0.2, -0.15) is 0 Å². The Morgan fingerprint density at radius 2 is 2.28 bits per heavy atom. The maximum absolute atomic E-state index is 13.6. The molecule has 0 bridgehead atoms. The topological polar surface area (TPSA) is 32.3 Å². The first-order valence-electron chi connectivity index (χ1n) is 6.18. The Morgan fingerprint density at radius 3 is 3.00 bits per heavy atom. The second kappa shape index (κ2) is 4.53. The predicted molar refractivity (Wildman–Crippen MR) is 71.0 cm³/mol. The number of anilines is 1. The minimum Gasteiger partial charge on any atom is -0.321 e. The van der Waals surface area contributed by atoms with Crippen LogP contribution in [0.2, 0.25) is 0 Å². The summed E-state index contributed by atoms with van der Waals surface area (Å²) in [5.41, 5.74) is 0.240. The van der Waals surface area contributed by atoms with Gasteiger partial charge in [0.15, 0.2) is 0 Å². The smallest absolute Gasteiger partial charge is 0.321 e. The number of halogens is 2. The van der Waals surface area contributed by atoms with Crippen LogP contribution in [-0.2, 0) is 0 Å². The summed E-state index contributed by atoms with van der Waals surface area (Å²) in [5, 5.41) is 2.64. The molecule has 1 aliphatic heterocycles. The second-order valence-electron chi connectivity index (χ2n) is 4.97. The average molecular weight is 313 g/mol. The van der Waals surface area contributed by atoms with Crippen molar-refractivity contribution >= 4 is 27.6 Å². The molecule has 0 spiro atoms. The maximum Gasteiger partial charge on any atom is 0.322 e. The summed E-state index contributed by atoms with van der Waals surface area (Å²) in [4.78, 5) is 13.8. The van der Waals surface area contributed by atoms with Crippen LogP contribution in [0.15, 0.2) is 22.7 Å². The number of carbonyl (C=O) groups is 1. The number of fused-ring (bicyclic) bond motifs is 1. The van der Waals surface area contributed by atoms with Crippen LogP contribution < -0.4 is 5.32 Å². The van der Waals surface area contributed by atoms with E-state index in [4.69, 9.17) is 0 Å². The minimum atomic E-state index is -0.416. The molecule has 1 heterocycles. The molecule has 2 aliphatic rings. The highest BCUT2D eigenvalue weighted by molar-refractivity contribution is 9.10. The van der Waals surface area contributed by atoms with Crippen LogP contribution in [0.4, 0.5) is 14.9 Å². The second-order valence-corrected chi connectivity index (χ2v) is 5.88. The minimum absolute atomic E-state index is 0.181. The molecule has 1 saturated heterocycles. The summed E-state index contributed by atoms with van der Waals surface area (Å²) in [5.74, 6) is 0.256. The van der Waals surface area contributed by atoms with Crippen molar-refractivity contribution in [2.75, 3.05) is 11.9 Å². The van der Waals surface area contributed by atoms with Crippen LogP contribution in [0.25, 0.3) is 0 Å². The van der Waals surface area contributed by atoms with Gasteiger partial charge < -0.3 is 10.2 Å². The fourth-order valence-corrected chi connectivity index (χ4v) is 3.24. The Morgan fingerprint density at radius 1 is 1.44 bits per heavy atom. The van der Waals surface area contributed by atoms with Gasteiger partial charge in [-0.05, 0) is 37.0 Å². The third-order valence-electron chi connectivity index (χ3n) is 3.88. The molecule has 2 atom stereocenters. The Bertz CT molecular complexity index is 494. The molecule has 1 N–H and O–H groups in total. The van der Waals surface area contributed by atoms with E-state index in [9.17, 15) is 9.18 Å². The molecular formula is C13H14BrFN2O. The van der Waals surface area contributed by atoms with Crippen LogP contribution in [0.5, 0.6) is 0 Å². The molecule has 1 saturated carbocycles. The van der Waals surface area contributed by atoms with E-state index in [1.54, 1.807) is 12.1 Å². The van der Waals surface area contributed by atoms with E-state index < -0.39 is 5.82 Å². The van der Waals surface area contributed by atoms with Gasteiger partial charge in [-0.25, -0.2) is 9.18 Å². The molecule has 1 aliphatic carbocycles. The molecular weight excluding hydrogens is 299 g/mol. The van der Waals surface area contributed by atoms with Gasteiger partial charge >= 0.3 is 6.03 Å². The third kappa shape index (κ3) is 2.00. The number of hydrogen-bond acceptors (Lipinski definition) is 1. The molecule has 0 radical (unpaired) electrons. The highest BCUT2D eigenvalue weighted by Gasteiger charge is 2.44. The molecule has 0 unspecified atom stereocenters. The Hall–Kier alpha value is -1.10. The number of benzene rings is 1. The van der Waals surface area contributed by atoms with Gasteiger partial charge in [0.25, 0.3) is 0 Å². The van der Waals surface area contributed by atoms with Crippen LogP contribution in [0.3, 0.4) is 0 Å². The van der Waals surface area contributed by atoms with Gasteiger partial charge in [0.05, 0.1) is 5.69 Å². The summed E-state index contributed by atoms with van der Waals surface area (Å²) in [6, 6.07) is 4.84. The van der Waals surface area contributed by atoms with Gasteiger partial charge in [-0.1, -0.05) is 22.4 Å². The number of carbonyl (C=O) groups excluding carboxylic acids is 1. The third-order valence-corrected chi connectivity index (χ3v) is 4.38. The van der Waals surface area contributed by atoms with Gasteiger partial charge in [0, 0.05) is 17.1 Å². The number of urea groups is 1. The monoisotopic (exact) mass is 312 g/mol. The number of nitrogens with zero attached hydrogens (tertiary/aromatic N) is 1. The first-order valence-corrected chi connectivity index (χ1v) is 6.97. The highest BCUT2D eigenvalue weighted by atomic mass is 79.9.